The van der Waals surface area contributed by atoms with Gasteiger partial charge in [-0.15, -0.1) is 0 Å². The Morgan fingerprint density at radius 2 is 2.29 bits per heavy atom. The monoisotopic (exact) mass is 254 g/mol. The molecule has 0 amide bonds. The number of nitrogens with zero attached hydrogens (tertiary/aromatic N) is 2. The molecule has 0 atom stereocenters. The molecule has 72 valence electrons. The van der Waals surface area contributed by atoms with Gasteiger partial charge in [0.25, 0.3) is 5.69 Å². The summed E-state index contributed by atoms with van der Waals surface area (Å²) in [5, 5.41) is 19.8. The van der Waals surface area contributed by atoms with Gasteiger partial charge >= 0.3 is 0 Å². The number of nitro groups is 1. The average molecular weight is 255 g/mol. The minimum Gasteiger partial charge on any atom is -0.258 e. The van der Waals surface area contributed by atoms with E-state index in [0.29, 0.717) is 10.9 Å². The van der Waals surface area contributed by atoms with Crippen LogP contribution in [0.15, 0.2) is 12.1 Å². The molecule has 0 aliphatic heterocycles. The van der Waals surface area contributed by atoms with Crippen LogP contribution < -0.4 is 0 Å². The molecule has 0 fully saturated rings. The number of hydrogen-bond donors (Lipinski definition) is 0. The van der Waals surface area contributed by atoms with E-state index >= 15 is 0 Å². The number of halogens is 1. The van der Waals surface area contributed by atoms with Crippen LogP contribution in [0.5, 0.6) is 0 Å². The second-order valence-electron chi connectivity index (χ2n) is 2.78. The lowest BCUT2D eigenvalue weighted by Crippen LogP contribution is -1.95. The Hall–Kier alpha value is -1.41. The molecule has 0 N–H and O–H groups in total. The first kappa shape index (κ1) is 10.7. The van der Waals surface area contributed by atoms with Gasteiger partial charge in [-0.2, -0.15) is 5.26 Å². The summed E-state index contributed by atoms with van der Waals surface area (Å²) in [6, 6.07) is 4.71. The van der Waals surface area contributed by atoms with Crippen molar-refractivity contribution in [3.8, 4) is 6.07 Å². The van der Waals surface area contributed by atoms with Crippen LogP contribution in [0.3, 0.4) is 0 Å². The smallest absolute Gasteiger partial charge is 0.258 e. The Bertz CT molecular complexity index is 424. The highest BCUT2D eigenvalue weighted by Crippen LogP contribution is 2.23. The Kier molecular flexibility index (Phi) is 3.20. The average Bonchev–Trinajstić information content (AvgIpc) is 2.17. The second kappa shape index (κ2) is 4.20. The molecule has 0 heterocycles. The molecule has 5 heteroatoms. The van der Waals surface area contributed by atoms with Crippen LogP contribution in [0.25, 0.3) is 0 Å². The number of benzene rings is 1. The highest BCUT2D eigenvalue weighted by Gasteiger charge is 2.12. The molecule has 0 spiro atoms. The van der Waals surface area contributed by atoms with Gasteiger partial charge < -0.3 is 0 Å². The molecule has 0 bridgehead atoms. The summed E-state index contributed by atoms with van der Waals surface area (Å²) in [4.78, 5) is 10.0. The SMILES string of the molecule is Cc1c(C#N)cc([N+](=O)[O-])cc1CBr. The summed E-state index contributed by atoms with van der Waals surface area (Å²) in [7, 11) is 0. The third-order valence-corrected chi connectivity index (χ3v) is 2.58. The van der Waals surface area contributed by atoms with Gasteiger partial charge in [0.1, 0.15) is 0 Å². The van der Waals surface area contributed by atoms with Crippen molar-refractivity contribution < 1.29 is 4.92 Å². The standard InChI is InChI=1S/C9H7BrN2O2/c1-6-7(4-10)2-9(12(13)14)3-8(6)5-11/h2-3H,4H2,1H3. The van der Waals surface area contributed by atoms with E-state index in [1.165, 1.54) is 12.1 Å². The molecular formula is C9H7BrN2O2. The fourth-order valence-electron chi connectivity index (χ4n) is 1.12. The van der Waals surface area contributed by atoms with Gasteiger partial charge in [0, 0.05) is 17.5 Å². The number of rotatable bonds is 2. The quantitative estimate of drug-likeness (QED) is 0.463. The van der Waals surface area contributed by atoms with E-state index in [0.717, 1.165) is 11.1 Å². The Morgan fingerprint density at radius 3 is 2.71 bits per heavy atom. The Labute approximate surface area is 89.4 Å². The van der Waals surface area contributed by atoms with Gasteiger partial charge in [-0.1, -0.05) is 15.9 Å². The lowest BCUT2D eigenvalue weighted by Gasteiger charge is -2.03. The highest BCUT2D eigenvalue weighted by molar-refractivity contribution is 9.08. The number of nitro benzene ring substituents is 1. The predicted molar refractivity (Wildman–Crippen MR) is 55.2 cm³/mol. The van der Waals surface area contributed by atoms with Crippen molar-refractivity contribution in [2.24, 2.45) is 0 Å². The lowest BCUT2D eigenvalue weighted by atomic mass is 10.0. The van der Waals surface area contributed by atoms with E-state index < -0.39 is 4.92 Å². The summed E-state index contributed by atoms with van der Waals surface area (Å²) in [6.45, 7) is 1.78. The van der Waals surface area contributed by atoms with Gasteiger partial charge in [0.05, 0.1) is 16.6 Å². The van der Waals surface area contributed by atoms with Crippen LogP contribution in [0.4, 0.5) is 5.69 Å². The minimum atomic E-state index is -0.494. The maximum atomic E-state index is 10.5. The minimum absolute atomic E-state index is 0.0402. The summed E-state index contributed by atoms with van der Waals surface area (Å²) in [5.41, 5.74) is 1.88. The van der Waals surface area contributed by atoms with E-state index in [4.69, 9.17) is 5.26 Å². The van der Waals surface area contributed by atoms with Crippen molar-refractivity contribution >= 4 is 21.6 Å². The first-order valence-electron chi connectivity index (χ1n) is 3.84. The molecule has 0 radical (unpaired) electrons. The van der Waals surface area contributed by atoms with Crippen LogP contribution in [0.2, 0.25) is 0 Å². The van der Waals surface area contributed by atoms with Crippen molar-refractivity contribution in [1.82, 2.24) is 0 Å². The topological polar surface area (TPSA) is 66.9 Å². The van der Waals surface area contributed by atoms with Crippen molar-refractivity contribution in [1.29, 1.82) is 5.26 Å². The van der Waals surface area contributed by atoms with E-state index in [-0.39, 0.29) is 5.69 Å². The summed E-state index contributed by atoms with van der Waals surface area (Å²) >= 11 is 3.22. The molecule has 0 aliphatic rings. The first-order valence-corrected chi connectivity index (χ1v) is 4.96. The van der Waals surface area contributed by atoms with Crippen LogP contribution >= 0.6 is 15.9 Å². The maximum absolute atomic E-state index is 10.5. The molecule has 1 aromatic rings. The van der Waals surface area contributed by atoms with Gasteiger partial charge in [-0.3, -0.25) is 10.1 Å². The fraction of sp³-hybridized carbons (Fsp3) is 0.222. The zero-order valence-corrected chi connectivity index (χ0v) is 9.04. The zero-order chi connectivity index (χ0) is 10.7. The fourth-order valence-corrected chi connectivity index (χ4v) is 1.70. The summed E-state index contributed by atoms with van der Waals surface area (Å²) in [5.74, 6) is 0. The number of alkyl halides is 1. The van der Waals surface area contributed by atoms with Crippen LogP contribution in [0, 0.1) is 28.4 Å². The lowest BCUT2D eigenvalue weighted by molar-refractivity contribution is -0.384. The van der Waals surface area contributed by atoms with E-state index in [9.17, 15) is 10.1 Å². The van der Waals surface area contributed by atoms with Crippen molar-refractivity contribution in [2.75, 3.05) is 0 Å². The second-order valence-corrected chi connectivity index (χ2v) is 3.34. The normalized spacial score (nSPS) is 9.50. The maximum Gasteiger partial charge on any atom is 0.271 e. The molecule has 0 aromatic heterocycles. The molecule has 4 nitrogen and oxygen atoms in total. The molecule has 1 aromatic carbocycles. The number of non-ortho nitro benzene ring substituents is 1. The van der Waals surface area contributed by atoms with Gasteiger partial charge in [0.2, 0.25) is 0 Å². The van der Waals surface area contributed by atoms with Crippen LogP contribution in [0.1, 0.15) is 16.7 Å². The van der Waals surface area contributed by atoms with Crippen LogP contribution in [-0.4, -0.2) is 4.92 Å². The molecule has 0 saturated heterocycles. The van der Waals surface area contributed by atoms with Crippen molar-refractivity contribution in [2.45, 2.75) is 12.3 Å². The summed E-state index contributed by atoms with van der Waals surface area (Å²) in [6.07, 6.45) is 0. The molecule has 0 unspecified atom stereocenters. The molecule has 1 rings (SSSR count). The predicted octanol–water partition coefficient (Wildman–Crippen LogP) is 2.67. The van der Waals surface area contributed by atoms with E-state index in [1.807, 2.05) is 6.07 Å². The third kappa shape index (κ3) is 1.91. The largest absolute Gasteiger partial charge is 0.271 e. The highest BCUT2D eigenvalue weighted by atomic mass is 79.9. The van der Waals surface area contributed by atoms with Crippen molar-refractivity contribution in [3.63, 3.8) is 0 Å². The van der Waals surface area contributed by atoms with E-state index in [1.54, 1.807) is 6.92 Å². The number of nitriles is 1. The summed E-state index contributed by atoms with van der Waals surface area (Å²) < 4.78 is 0. The van der Waals surface area contributed by atoms with Crippen LogP contribution in [-0.2, 0) is 5.33 Å². The van der Waals surface area contributed by atoms with Gasteiger partial charge in [-0.05, 0) is 18.1 Å². The third-order valence-electron chi connectivity index (χ3n) is 1.98. The van der Waals surface area contributed by atoms with Gasteiger partial charge in [-0.25, -0.2) is 0 Å². The molecule has 0 saturated carbocycles. The Balaban J connectivity index is 3.41. The first-order chi connectivity index (χ1) is 6.60. The number of hydrogen-bond acceptors (Lipinski definition) is 3. The van der Waals surface area contributed by atoms with Gasteiger partial charge in [0.15, 0.2) is 0 Å². The Morgan fingerprint density at radius 1 is 1.64 bits per heavy atom. The molecule has 14 heavy (non-hydrogen) atoms. The van der Waals surface area contributed by atoms with E-state index in [2.05, 4.69) is 15.9 Å². The molecule has 0 aliphatic carbocycles. The zero-order valence-electron chi connectivity index (χ0n) is 7.45. The molecular weight excluding hydrogens is 248 g/mol. The van der Waals surface area contributed by atoms with Crippen molar-refractivity contribution in [3.05, 3.63) is 38.9 Å².